The molecule has 1 amide bonds. The number of halogens is 2. The number of amides is 1. The summed E-state index contributed by atoms with van der Waals surface area (Å²) in [6.45, 7) is 4.63. The lowest BCUT2D eigenvalue weighted by Crippen LogP contribution is -2.42. The van der Waals surface area contributed by atoms with Crippen LogP contribution in [0.25, 0.3) is 0 Å². The quantitative estimate of drug-likeness (QED) is 0.929. The molecule has 1 saturated heterocycles. The molecule has 1 N–H and O–H groups in total. The molecule has 0 aliphatic carbocycles. The number of hydrogen-bond acceptors (Lipinski definition) is 3. The van der Waals surface area contributed by atoms with E-state index in [1.807, 2.05) is 31.0 Å². The molecular formula is C14H23Cl2N3O. The second-order valence-electron chi connectivity index (χ2n) is 5.01. The number of carbonyl (C=O) groups excluding carboxylic acids is 1. The SMILES string of the molecule is CNCC1CCCN(C(=O)c2ccc(C)nc2)C1.Cl.Cl. The minimum atomic E-state index is 0. The van der Waals surface area contributed by atoms with Crippen LogP contribution in [0.5, 0.6) is 0 Å². The molecule has 114 valence electrons. The van der Waals surface area contributed by atoms with Gasteiger partial charge in [0.1, 0.15) is 0 Å². The maximum absolute atomic E-state index is 12.3. The first-order valence-corrected chi connectivity index (χ1v) is 6.57. The van der Waals surface area contributed by atoms with E-state index in [1.54, 1.807) is 6.20 Å². The summed E-state index contributed by atoms with van der Waals surface area (Å²) in [4.78, 5) is 18.5. The van der Waals surface area contributed by atoms with E-state index < -0.39 is 0 Å². The van der Waals surface area contributed by atoms with Crippen molar-refractivity contribution in [2.45, 2.75) is 19.8 Å². The van der Waals surface area contributed by atoms with Crippen LogP contribution in [0.15, 0.2) is 18.3 Å². The predicted molar refractivity (Wildman–Crippen MR) is 86.0 cm³/mol. The van der Waals surface area contributed by atoms with Gasteiger partial charge in [-0.3, -0.25) is 9.78 Å². The third-order valence-corrected chi connectivity index (χ3v) is 3.46. The predicted octanol–water partition coefficient (Wildman–Crippen LogP) is 2.31. The fourth-order valence-electron chi connectivity index (χ4n) is 2.48. The number of nitrogens with one attached hydrogen (secondary N) is 1. The Balaban J connectivity index is 0.00000180. The summed E-state index contributed by atoms with van der Waals surface area (Å²) in [7, 11) is 1.96. The Bertz CT molecular complexity index is 409. The van der Waals surface area contributed by atoms with Crippen LogP contribution in [-0.2, 0) is 0 Å². The Morgan fingerprint density at radius 2 is 2.20 bits per heavy atom. The van der Waals surface area contributed by atoms with Crippen LogP contribution >= 0.6 is 24.8 Å². The summed E-state index contributed by atoms with van der Waals surface area (Å²) in [5, 5.41) is 3.19. The van der Waals surface area contributed by atoms with Gasteiger partial charge in [0.25, 0.3) is 5.91 Å². The second-order valence-corrected chi connectivity index (χ2v) is 5.01. The van der Waals surface area contributed by atoms with Gasteiger partial charge in [-0.25, -0.2) is 0 Å². The van der Waals surface area contributed by atoms with E-state index in [2.05, 4.69) is 10.3 Å². The molecule has 0 radical (unpaired) electrons. The molecule has 2 heterocycles. The first-order chi connectivity index (χ1) is 8.70. The lowest BCUT2D eigenvalue weighted by Gasteiger charge is -2.32. The molecule has 2 rings (SSSR count). The van der Waals surface area contributed by atoms with Gasteiger partial charge in [0.15, 0.2) is 0 Å². The van der Waals surface area contributed by atoms with Gasteiger partial charge in [0.2, 0.25) is 0 Å². The molecule has 1 fully saturated rings. The Morgan fingerprint density at radius 1 is 1.45 bits per heavy atom. The lowest BCUT2D eigenvalue weighted by molar-refractivity contribution is 0.0674. The Kier molecular flexibility index (Phi) is 8.78. The molecule has 0 spiro atoms. The molecule has 1 unspecified atom stereocenters. The molecule has 1 aromatic rings. The largest absolute Gasteiger partial charge is 0.338 e. The molecule has 4 nitrogen and oxygen atoms in total. The van der Waals surface area contributed by atoms with Crippen molar-refractivity contribution >= 4 is 30.7 Å². The Hall–Kier alpha value is -0.840. The van der Waals surface area contributed by atoms with E-state index in [0.29, 0.717) is 11.5 Å². The summed E-state index contributed by atoms with van der Waals surface area (Å²) in [5.74, 6) is 0.689. The van der Waals surface area contributed by atoms with Gasteiger partial charge in [0, 0.05) is 25.0 Å². The molecule has 0 saturated carbocycles. The van der Waals surface area contributed by atoms with Crippen molar-refractivity contribution in [2.75, 3.05) is 26.7 Å². The van der Waals surface area contributed by atoms with Gasteiger partial charge in [-0.15, -0.1) is 24.8 Å². The van der Waals surface area contributed by atoms with E-state index in [4.69, 9.17) is 0 Å². The van der Waals surface area contributed by atoms with Crippen molar-refractivity contribution < 1.29 is 4.79 Å². The average Bonchev–Trinajstić information content (AvgIpc) is 2.39. The van der Waals surface area contributed by atoms with Gasteiger partial charge in [-0.05, 0) is 51.4 Å². The zero-order chi connectivity index (χ0) is 13.0. The fourth-order valence-corrected chi connectivity index (χ4v) is 2.48. The number of aryl methyl sites for hydroxylation is 1. The van der Waals surface area contributed by atoms with Gasteiger partial charge < -0.3 is 10.2 Å². The number of nitrogens with zero attached hydrogens (tertiary/aromatic N) is 2. The van der Waals surface area contributed by atoms with Crippen LogP contribution in [0, 0.1) is 12.8 Å². The molecular weight excluding hydrogens is 297 g/mol. The zero-order valence-electron chi connectivity index (χ0n) is 12.0. The fraction of sp³-hybridized carbons (Fsp3) is 0.571. The van der Waals surface area contributed by atoms with Gasteiger partial charge in [-0.1, -0.05) is 0 Å². The highest BCUT2D eigenvalue weighted by Crippen LogP contribution is 2.17. The highest BCUT2D eigenvalue weighted by atomic mass is 35.5. The van der Waals surface area contributed by atoms with Crippen LogP contribution in [0.2, 0.25) is 0 Å². The number of pyridine rings is 1. The van der Waals surface area contributed by atoms with Gasteiger partial charge >= 0.3 is 0 Å². The molecule has 1 aliphatic heterocycles. The molecule has 1 aliphatic rings. The summed E-state index contributed by atoms with van der Waals surface area (Å²) in [6.07, 6.45) is 3.98. The number of hydrogen-bond donors (Lipinski definition) is 1. The van der Waals surface area contributed by atoms with Crippen LogP contribution in [-0.4, -0.2) is 42.5 Å². The number of piperidine rings is 1. The van der Waals surface area contributed by atoms with E-state index >= 15 is 0 Å². The number of aromatic nitrogens is 1. The van der Waals surface area contributed by atoms with Crippen molar-refractivity contribution in [2.24, 2.45) is 5.92 Å². The topological polar surface area (TPSA) is 45.2 Å². The van der Waals surface area contributed by atoms with Crippen molar-refractivity contribution in [3.8, 4) is 0 Å². The monoisotopic (exact) mass is 319 g/mol. The standard InChI is InChI=1S/C14H21N3O.2ClH/c1-11-5-6-13(9-16-11)14(18)17-7-3-4-12(10-17)8-15-2;;/h5-6,9,12,15H,3-4,7-8,10H2,1-2H3;2*1H. The van der Waals surface area contributed by atoms with E-state index in [9.17, 15) is 4.79 Å². The summed E-state index contributed by atoms with van der Waals surface area (Å²) in [6, 6.07) is 3.76. The van der Waals surface area contributed by atoms with Crippen molar-refractivity contribution in [3.63, 3.8) is 0 Å². The van der Waals surface area contributed by atoms with Crippen LogP contribution in [0.1, 0.15) is 28.9 Å². The summed E-state index contributed by atoms with van der Waals surface area (Å²) >= 11 is 0. The molecule has 0 bridgehead atoms. The van der Waals surface area contributed by atoms with E-state index in [0.717, 1.165) is 31.7 Å². The average molecular weight is 320 g/mol. The summed E-state index contributed by atoms with van der Waals surface area (Å²) < 4.78 is 0. The van der Waals surface area contributed by atoms with Crippen molar-refractivity contribution in [3.05, 3.63) is 29.6 Å². The maximum Gasteiger partial charge on any atom is 0.255 e. The zero-order valence-corrected chi connectivity index (χ0v) is 13.6. The third-order valence-electron chi connectivity index (χ3n) is 3.46. The van der Waals surface area contributed by atoms with E-state index in [1.165, 1.54) is 6.42 Å². The molecule has 20 heavy (non-hydrogen) atoms. The highest BCUT2D eigenvalue weighted by molar-refractivity contribution is 5.94. The third kappa shape index (κ3) is 4.93. The first-order valence-electron chi connectivity index (χ1n) is 6.57. The smallest absolute Gasteiger partial charge is 0.255 e. The second kappa shape index (κ2) is 9.16. The maximum atomic E-state index is 12.3. The number of likely N-dealkylation sites (tertiary alicyclic amines) is 1. The van der Waals surface area contributed by atoms with Crippen LogP contribution in [0.4, 0.5) is 0 Å². The van der Waals surface area contributed by atoms with Crippen LogP contribution in [0.3, 0.4) is 0 Å². The molecule has 6 heteroatoms. The minimum absolute atomic E-state index is 0. The van der Waals surface area contributed by atoms with Crippen molar-refractivity contribution in [1.29, 1.82) is 0 Å². The van der Waals surface area contributed by atoms with Gasteiger partial charge in [-0.2, -0.15) is 0 Å². The molecule has 1 aromatic heterocycles. The van der Waals surface area contributed by atoms with Gasteiger partial charge in [0.05, 0.1) is 5.56 Å². The first kappa shape index (κ1) is 19.2. The summed E-state index contributed by atoms with van der Waals surface area (Å²) in [5.41, 5.74) is 1.64. The normalized spacial score (nSPS) is 17.9. The lowest BCUT2D eigenvalue weighted by atomic mass is 9.97. The van der Waals surface area contributed by atoms with Crippen molar-refractivity contribution in [1.82, 2.24) is 15.2 Å². The number of rotatable bonds is 3. The van der Waals surface area contributed by atoms with Crippen LogP contribution < -0.4 is 5.32 Å². The molecule has 0 aromatic carbocycles. The Morgan fingerprint density at radius 3 is 2.80 bits per heavy atom. The molecule has 1 atom stereocenters. The Labute approximate surface area is 133 Å². The number of carbonyl (C=O) groups is 1. The van der Waals surface area contributed by atoms with E-state index in [-0.39, 0.29) is 30.7 Å². The minimum Gasteiger partial charge on any atom is -0.338 e. The highest BCUT2D eigenvalue weighted by Gasteiger charge is 2.24.